The molecule has 2 atom stereocenters. The van der Waals surface area contributed by atoms with Crippen LogP contribution >= 0.6 is 0 Å². The van der Waals surface area contributed by atoms with Crippen LogP contribution in [0.5, 0.6) is 0 Å². The molecule has 2 aromatic heterocycles. The lowest BCUT2D eigenvalue weighted by Crippen LogP contribution is -2.40. The van der Waals surface area contributed by atoms with Crippen LogP contribution in [0.15, 0.2) is 59.8 Å². The molecule has 1 amide bonds. The summed E-state index contributed by atoms with van der Waals surface area (Å²) in [5, 5.41) is 3.04. The highest BCUT2D eigenvalue weighted by Crippen LogP contribution is 2.30. The number of esters is 1. The van der Waals surface area contributed by atoms with Gasteiger partial charge in [0.15, 0.2) is 0 Å². The van der Waals surface area contributed by atoms with Gasteiger partial charge in [-0.2, -0.15) is 0 Å². The van der Waals surface area contributed by atoms with Crippen LogP contribution in [0.1, 0.15) is 61.0 Å². The van der Waals surface area contributed by atoms with Crippen molar-refractivity contribution in [2.75, 3.05) is 21.2 Å². The van der Waals surface area contributed by atoms with Crippen LogP contribution in [0.4, 0.5) is 0 Å². The Labute approximate surface area is 231 Å². The normalized spacial score (nSPS) is 12.8. The van der Waals surface area contributed by atoms with Crippen LogP contribution < -0.4 is 10.9 Å². The Morgan fingerprint density at radius 2 is 1.77 bits per heavy atom. The molecule has 8 heteroatoms. The summed E-state index contributed by atoms with van der Waals surface area (Å²) in [5.41, 5.74) is 5.51. The van der Waals surface area contributed by atoms with Gasteiger partial charge >= 0.3 is 5.97 Å². The summed E-state index contributed by atoms with van der Waals surface area (Å²) in [7, 11) is 5.20. The molecule has 0 aliphatic rings. The first kappa shape index (κ1) is 29.8. The van der Waals surface area contributed by atoms with Gasteiger partial charge in [-0.3, -0.25) is 19.4 Å². The average Bonchev–Trinajstić information content (AvgIpc) is 2.86. The van der Waals surface area contributed by atoms with Gasteiger partial charge in [0, 0.05) is 36.8 Å². The van der Waals surface area contributed by atoms with Crippen molar-refractivity contribution < 1.29 is 14.3 Å². The zero-order valence-electron chi connectivity index (χ0n) is 24.0. The molecule has 8 nitrogen and oxygen atoms in total. The zero-order valence-corrected chi connectivity index (χ0v) is 24.0. The molecule has 39 heavy (non-hydrogen) atoms. The molecule has 0 radical (unpaired) electrons. The summed E-state index contributed by atoms with van der Waals surface area (Å²) in [4.78, 5) is 45.6. The predicted molar refractivity (Wildman–Crippen MR) is 153 cm³/mol. The fraction of sp³-hybridized carbons (Fsp3) is 0.419. The molecule has 0 aliphatic heterocycles. The van der Waals surface area contributed by atoms with E-state index in [0.717, 1.165) is 27.8 Å². The SMILES string of the molecule is COC(=O)C[C@H](NC(=O)C(CC(C)C)n1ccc(CN(C)C)cc1=O)c1cncc(-c2c(C)cccc2C)c1. The van der Waals surface area contributed by atoms with Crippen molar-refractivity contribution in [3.05, 3.63) is 87.6 Å². The lowest BCUT2D eigenvalue weighted by Gasteiger charge is -2.25. The first-order valence-electron chi connectivity index (χ1n) is 13.2. The van der Waals surface area contributed by atoms with E-state index in [2.05, 4.69) is 10.3 Å². The Bertz CT molecular complexity index is 1340. The predicted octanol–water partition coefficient (Wildman–Crippen LogP) is 4.60. The molecule has 0 spiro atoms. The number of ether oxygens (including phenoxy) is 1. The maximum Gasteiger partial charge on any atom is 0.307 e. The van der Waals surface area contributed by atoms with Crippen LogP contribution in [0.25, 0.3) is 11.1 Å². The Morgan fingerprint density at radius 1 is 1.08 bits per heavy atom. The van der Waals surface area contributed by atoms with Crippen molar-refractivity contribution in [2.45, 2.75) is 59.2 Å². The van der Waals surface area contributed by atoms with Crippen LogP contribution in [0.3, 0.4) is 0 Å². The second kappa shape index (κ2) is 13.3. The third-order valence-electron chi connectivity index (χ3n) is 6.69. The molecule has 0 saturated heterocycles. The van der Waals surface area contributed by atoms with E-state index in [4.69, 9.17) is 4.74 Å². The lowest BCUT2D eigenvalue weighted by molar-refractivity contribution is -0.141. The molecule has 3 aromatic rings. The summed E-state index contributed by atoms with van der Waals surface area (Å²) in [6.07, 6.45) is 5.53. The Hall–Kier alpha value is -3.78. The van der Waals surface area contributed by atoms with Crippen molar-refractivity contribution in [1.82, 2.24) is 19.8 Å². The third kappa shape index (κ3) is 7.86. The zero-order chi connectivity index (χ0) is 28.7. The third-order valence-corrected chi connectivity index (χ3v) is 6.69. The average molecular weight is 533 g/mol. The quantitative estimate of drug-likeness (QED) is 0.363. The van der Waals surface area contributed by atoms with E-state index >= 15 is 0 Å². The fourth-order valence-corrected chi connectivity index (χ4v) is 4.87. The summed E-state index contributed by atoms with van der Waals surface area (Å²) in [6, 6.07) is 10.1. The Morgan fingerprint density at radius 3 is 2.36 bits per heavy atom. The minimum Gasteiger partial charge on any atom is -0.469 e. The topological polar surface area (TPSA) is 93.5 Å². The molecule has 0 bridgehead atoms. The number of hydrogen-bond donors (Lipinski definition) is 1. The number of methoxy groups -OCH3 is 1. The van der Waals surface area contributed by atoms with Gasteiger partial charge in [-0.1, -0.05) is 32.0 Å². The molecule has 3 rings (SSSR count). The summed E-state index contributed by atoms with van der Waals surface area (Å²) < 4.78 is 6.42. The van der Waals surface area contributed by atoms with E-state index in [9.17, 15) is 14.4 Å². The molecule has 208 valence electrons. The standard InChI is InChI=1S/C31H40N4O4/c1-20(2)13-27(35-12-11-23(14-28(35)36)19-34(5)6)31(38)33-26(16-29(37)39-7)24-15-25(18-32-17-24)30-21(3)9-8-10-22(30)4/h8-12,14-15,17-18,20,26-27H,13,16,19H2,1-7H3,(H,33,38)/t26-,27?/m0/s1. The van der Waals surface area contributed by atoms with Gasteiger partial charge in [-0.05, 0) is 80.2 Å². The number of aromatic nitrogens is 2. The molecule has 1 N–H and O–H groups in total. The van der Waals surface area contributed by atoms with Gasteiger partial charge in [0.2, 0.25) is 5.91 Å². The van der Waals surface area contributed by atoms with Crippen LogP contribution in [0, 0.1) is 19.8 Å². The largest absolute Gasteiger partial charge is 0.469 e. The smallest absolute Gasteiger partial charge is 0.307 e. The summed E-state index contributed by atoms with van der Waals surface area (Å²) in [5.74, 6) is -0.636. The molecule has 1 aromatic carbocycles. The molecule has 0 fully saturated rings. The molecule has 0 aliphatic carbocycles. The maximum atomic E-state index is 13.8. The van der Waals surface area contributed by atoms with Crippen molar-refractivity contribution >= 4 is 11.9 Å². The number of carbonyl (C=O) groups is 2. The Balaban J connectivity index is 1.98. The van der Waals surface area contributed by atoms with Gasteiger partial charge in [0.05, 0.1) is 19.6 Å². The van der Waals surface area contributed by atoms with E-state index in [-0.39, 0.29) is 23.8 Å². The van der Waals surface area contributed by atoms with Gasteiger partial charge in [-0.25, -0.2) is 0 Å². The number of nitrogens with zero attached hydrogens (tertiary/aromatic N) is 3. The maximum absolute atomic E-state index is 13.8. The highest BCUT2D eigenvalue weighted by molar-refractivity contribution is 5.82. The molecule has 0 saturated carbocycles. The second-order valence-electron chi connectivity index (χ2n) is 10.8. The van der Waals surface area contributed by atoms with Crippen molar-refractivity contribution in [3.63, 3.8) is 0 Å². The van der Waals surface area contributed by atoms with Crippen molar-refractivity contribution in [2.24, 2.45) is 5.92 Å². The number of benzene rings is 1. The fourth-order valence-electron chi connectivity index (χ4n) is 4.87. The molecule has 2 heterocycles. The molecular formula is C31H40N4O4. The van der Waals surface area contributed by atoms with Gasteiger partial charge in [0.1, 0.15) is 6.04 Å². The lowest BCUT2D eigenvalue weighted by atomic mass is 9.94. The van der Waals surface area contributed by atoms with E-state index in [1.54, 1.807) is 24.7 Å². The summed E-state index contributed by atoms with van der Waals surface area (Å²) >= 11 is 0. The van der Waals surface area contributed by atoms with E-state index in [0.29, 0.717) is 18.5 Å². The van der Waals surface area contributed by atoms with Gasteiger partial charge in [-0.15, -0.1) is 0 Å². The highest BCUT2D eigenvalue weighted by atomic mass is 16.5. The first-order chi connectivity index (χ1) is 18.5. The monoisotopic (exact) mass is 532 g/mol. The van der Waals surface area contributed by atoms with E-state index in [1.165, 1.54) is 11.7 Å². The number of amides is 1. The number of pyridine rings is 2. The number of nitrogens with one attached hydrogen (secondary N) is 1. The van der Waals surface area contributed by atoms with Crippen molar-refractivity contribution in [3.8, 4) is 11.1 Å². The molecular weight excluding hydrogens is 492 g/mol. The van der Waals surface area contributed by atoms with Crippen LogP contribution in [-0.4, -0.2) is 47.5 Å². The Kier molecular flexibility index (Phi) is 10.2. The first-order valence-corrected chi connectivity index (χ1v) is 13.2. The minimum atomic E-state index is -0.735. The van der Waals surface area contributed by atoms with E-state index in [1.807, 2.05) is 77.0 Å². The van der Waals surface area contributed by atoms with Crippen LogP contribution in [0.2, 0.25) is 0 Å². The highest BCUT2D eigenvalue weighted by Gasteiger charge is 2.27. The van der Waals surface area contributed by atoms with Crippen LogP contribution in [-0.2, 0) is 20.9 Å². The molecule has 1 unspecified atom stereocenters. The second-order valence-corrected chi connectivity index (χ2v) is 10.8. The summed E-state index contributed by atoms with van der Waals surface area (Å²) in [6.45, 7) is 8.73. The number of aryl methyl sites for hydroxylation is 2. The number of rotatable bonds is 11. The number of hydrogen-bond acceptors (Lipinski definition) is 6. The van der Waals surface area contributed by atoms with Gasteiger partial charge in [0.25, 0.3) is 5.56 Å². The minimum absolute atomic E-state index is 0.0643. The van der Waals surface area contributed by atoms with Gasteiger partial charge < -0.3 is 19.5 Å². The van der Waals surface area contributed by atoms with Crippen molar-refractivity contribution in [1.29, 1.82) is 0 Å². The number of carbonyl (C=O) groups excluding carboxylic acids is 2. The van der Waals surface area contributed by atoms with E-state index < -0.39 is 18.1 Å².